The average molecular weight is 354 g/mol. The van der Waals surface area contributed by atoms with E-state index in [1.807, 2.05) is 24.3 Å². The van der Waals surface area contributed by atoms with Crippen LogP contribution < -0.4 is 20.5 Å². The van der Waals surface area contributed by atoms with Crippen LogP contribution in [0.15, 0.2) is 42.5 Å². The lowest BCUT2D eigenvalue weighted by Gasteiger charge is -2.14. The molecule has 0 bridgehead atoms. The predicted molar refractivity (Wildman–Crippen MR) is 104 cm³/mol. The molecule has 0 radical (unpaired) electrons. The van der Waals surface area contributed by atoms with E-state index in [1.54, 1.807) is 25.3 Å². The Kier molecular flexibility index (Phi) is 6.00. The Bertz CT molecular complexity index is 755. The maximum absolute atomic E-state index is 12.3. The highest BCUT2D eigenvalue weighted by atomic mass is 16.5. The molecule has 0 unspecified atom stereocenters. The molecule has 1 aliphatic rings. The molecule has 1 amide bonds. The van der Waals surface area contributed by atoms with Gasteiger partial charge in [-0.05, 0) is 61.9 Å². The lowest BCUT2D eigenvalue weighted by molar-refractivity contribution is -0.116. The largest absolute Gasteiger partial charge is 0.497 e. The van der Waals surface area contributed by atoms with Crippen LogP contribution in [0, 0.1) is 0 Å². The maximum atomic E-state index is 12.3. The second-order valence-corrected chi connectivity index (χ2v) is 6.67. The van der Waals surface area contributed by atoms with Gasteiger partial charge in [-0.3, -0.25) is 4.79 Å². The van der Waals surface area contributed by atoms with Crippen molar-refractivity contribution in [3.05, 3.63) is 48.0 Å². The number of hydrogen-bond acceptors (Lipinski definition) is 4. The van der Waals surface area contributed by atoms with Crippen molar-refractivity contribution in [3.8, 4) is 11.5 Å². The molecule has 0 aliphatic heterocycles. The predicted octanol–water partition coefficient (Wildman–Crippen LogP) is 4.17. The number of rotatable bonds is 7. The quantitative estimate of drug-likeness (QED) is 0.732. The van der Waals surface area contributed by atoms with Gasteiger partial charge >= 0.3 is 0 Å². The van der Waals surface area contributed by atoms with E-state index in [0.29, 0.717) is 36.1 Å². The zero-order chi connectivity index (χ0) is 18.4. The molecule has 1 fully saturated rings. The summed E-state index contributed by atoms with van der Waals surface area (Å²) in [5.41, 5.74) is 8.10. The van der Waals surface area contributed by atoms with E-state index < -0.39 is 0 Å². The van der Waals surface area contributed by atoms with E-state index in [0.717, 1.165) is 24.2 Å². The first kappa shape index (κ1) is 18.1. The minimum Gasteiger partial charge on any atom is -0.497 e. The molecular weight excluding hydrogens is 328 g/mol. The van der Waals surface area contributed by atoms with Crippen molar-refractivity contribution in [1.82, 2.24) is 0 Å². The summed E-state index contributed by atoms with van der Waals surface area (Å²) in [5.74, 6) is 1.48. The lowest BCUT2D eigenvalue weighted by Crippen LogP contribution is -2.14. The summed E-state index contributed by atoms with van der Waals surface area (Å²) in [6.45, 7) is 0. The number of hydrogen-bond donors (Lipinski definition) is 2. The van der Waals surface area contributed by atoms with E-state index in [2.05, 4.69) is 5.32 Å². The number of ether oxygens (including phenoxy) is 2. The van der Waals surface area contributed by atoms with Crippen molar-refractivity contribution in [2.75, 3.05) is 18.2 Å². The van der Waals surface area contributed by atoms with Crippen molar-refractivity contribution in [2.45, 2.75) is 44.6 Å². The second kappa shape index (κ2) is 8.61. The smallest absolute Gasteiger partial charge is 0.224 e. The fourth-order valence-electron chi connectivity index (χ4n) is 3.21. The number of nitrogens with two attached hydrogens (primary N) is 1. The number of aryl methyl sites for hydroxylation is 1. The molecule has 2 aromatic rings. The number of carbonyl (C=O) groups is 1. The second-order valence-electron chi connectivity index (χ2n) is 6.67. The minimum absolute atomic E-state index is 0.0768. The number of methoxy groups -OCH3 is 1. The van der Waals surface area contributed by atoms with Gasteiger partial charge < -0.3 is 20.5 Å². The fourth-order valence-corrected chi connectivity index (χ4v) is 3.21. The molecule has 1 aliphatic carbocycles. The van der Waals surface area contributed by atoms with Crippen LogP contribution in [0.3, 0.4) is 0 Å². The summed E-state index contributed by atoms with van der Waals surface area (Å²) in [5, 5.41) is 2.85. The van der Waals surface area contributed by atoms with E-state index in [9.17, 15) is 4.79 Å². The van der Waals surface area contributed by atoms with Crippen LogP contribution in [0.2, 0.25) is 0 Å². The Labute approximate surface area is 154 Å². The molecular formula is C21H26N2O3. The molecule has 0 atom stereocenters. The number of nitrogen functional groups attached to an aromatic ring is 1. The molecule has 3 rings (SSSR count). The Balaban J connectivity index is 1.54. The first-order chi connectivity index (χ1) is 12.6. The Hall–Kier alpha value is -2.69. The number of anilines is 2. The summed E-state index contributed by atoms with van der Waals surface area (Å²) in [6.07, 6.45) is 6.13. The highest BCUT2D eigenvalue weighted by molar-refractivity contribution is 5.94. The summed E-state index contributed by atoms with van der Waals surface area (Å²) < 4.78 is 11.2. The van der Waals surface area contributed by atoms with Gasteiger partial charge in [-0.15, -0.1) is 0 Å². The first-order valence-electron chi connectivity index (χ1n) is 9.13. The van der Waals surface area contributed by atoms with Crippen molar-refractivity contribution in [3.63, 3.8) is 0 Å². The third-order valence-electron chi connectivity index (χ3n) is 4.68. The first-order valence-corrected chi connectivity index (χ1v) is 9.13. The molecule has 5 nitrogen and oxygen atoms in total. The number of amides is 1. The zero-order valence-corrected chi connectivity index (χ0v) is 15.2. The van der Waals surface area contributed by atoms with Crippen molar-refractivity contribution in [2.24, 2.45) is 0 Å². The molecule has 0 saturated heterocycles. The topological polar surface area (TPSA) is 73.6 Å². The van der Waals surface area contributed by atoms with Gasteiger partial charge in [0.1, 0.15) is 11.5 Å². The molecule has 3 N–H and O–H groups in total. The van der Waals surface area contributed by atoms with E-state index in [4.69, 9.17) is 15.2 Å². The van der Waals surface area contributed by atoms with E-state index in [1.165, 1.54) is 12.8 Å². The molecule has 138 valence electrons. The third kappa shape index (κ3) is 4.91. The summed E-state index contributed by atoms with van der Waals surface area (Å²) in [7, 11) is 1.58. The summed E-state index contributed by atoms with van der Waals surface area (Å²) in [4.78, 5) is 12.3. The molecule has 0 aromatic heterocycles. The maximum Gasteiger partial charge on any atom is 0.224 e. The summed E-state index contributed by atoms with van der Waals surface area (Å²) >= 11 is 0. The fraction of sp³-hybridized carbons (Fsp3) is 0.381. The minimum atomic E-state index is -0.0768. The molecule has 2 aromatic carbocycles. The Morgan fingerprint density at radius 3 is 2.73 bits per heavy atom. The van der Waals surface area contributed by atoms with Gasteiger partial charge in [0, 0.05) is 12.5 Å². The van der Waals surface area contributed by atoms with Crippen LogP contribution in [0.4, 0.5) is 11.4 Å². The third-order valence-corrected chi connectivity index (χ3v) is 4.68. The lowest BCUT2D eigenvalue weighted by atomic mass is 10.1. The van der Waals surface area contributed by atoms with Gasteiger partial charge in [0.25, 0.3) is 0 Å². The van der Waals surface area contributed by atoms with Crippen LogP contribution in [0.25, 0.3) is 0 Å². The number of carbonyl (C=O) groups excluding carboxylic acids is 1. The van der Waals surface area contributed by atoms with Gasteiger partial charge in [-0.2, -0.15) is 0 Å². The van der Waals surface area contributed by atoms with Crippen LogP contribution in [0.1, 0.15) is 37.7 Å². The zero-order valence-electron chi connectivity index (χ0n) is 15.2. The highest BCUT2D eigenvalue weighted by Gasteiger charge is 2.16. The van der Waals surface area contributed by atoms with Crippen molar-refractivity contribution < 1.29 is 14.3 Å². The monoisotopic (exact) mass is 354 g/mol. The number of nitrogens with one attached hydrogen (secondary N) is 1. The van der Waals surface area contributed by atoms with E-state index >= 15 is 0 Å². The normalized spacial score (nSPS) is 14.2. The highest BCUT2D eigenvalue weighted by Crippen LogP contribution is 2.26. The average Bonchev–Trinajstić information content (AvgIpc) is 3.15. The molecule has 26 heavy (non-hydrogen) atoms. The van der Waals surface area contributed by atoms with Gasteiger partial charge in [-0.1, -0.05) is 12.1 Å². The SMILES string of the molecule is COc1ccc(N)c(NC(=O)CCc2cccc(OC3CCCC3)c2)c1. The molecule has 0 spiro atoms. The Morgan fingerprint density at radius 2 is 1.96 bits per heavy atom. The Morgan fingerprint density at radius 1 is 1.15 bits per heavy atom. The molecule has 0 heterocycles. The van der Waals surface area contributed by atoms with Crippen LogP contribution >= 0.6 is 0 Å². The van der Waals surface area contributed by atoms with E-state index in [-0.39, 0.29) is 5.91 Å². The summed E-state index contributed by atoms with van der Waals surface area (Å²) in [6, 6.07) is 13.2. The van der Waals surface area contributed by atoms with Crippen molar-refractivity contribution in [1.29, 1.82) is 0 Å². The van der Waals surface area contributed by atoms with Gasteiger partial charge in [0.15, 0.2) is 0 Å². The van der Waals surface area contributed by atoms with Crippen molar-refractivity contribution >= 4 is 17.3 Å². The van der Waals surface area contributed by atoms with Crippen LogP contribution in [-0.4, -0.2) is 19.1 Å². The number of benzene rings is 2. The van der Waals surface area contributed by atoms with Crippen LogP contribution in [0.5, 0.6) is 11.5 Å². The van der Waals surface area contributed by atoms with Gasteiger partial charge in [0.05, 0.1) is 24.6 Å². The van der Waals surface area contributed by atoms with Crippen LogP contribution in [-0.2, 0) is 11.2 Å². The standard InChI is InChI=1S/C21H26N2O3/c1-25-17-10-11-19(22)20(14-17)23-21(24)12-9-15-5-4-8-18(13-15)26-16-6-2-3-7-16/h4-5,8,10-11,13-14,16H,2-3,6-7,9,12,22H2,1H3,(H,23,24). The molecule has 5 heteroatoms. The van der Waals surface area contributed by atoms with Gasteiger partial charge in [0.2, 0.25) is 5.91 Å². The van der Waals surface area contributed by atoms with Gasteiger partial charge in [-0.25, -0.2) is 0 Å². The molecule has 1 saturated carbocycles.